The number of nitrogens with one attached hydrogen (secondary N) is 1. The molecule has 2 heterocycles. The number of halogens is 2. The van der Waals surface area contributed by atoms with Crippen molar-refractivity contribution in [1.29, 1.82) is 0 Å². The Kier molecular flexibility index (Phi) is 4.92. The molecule has 3 N–H and O–H groups in total. The number of rotatable bonds is 6. The molecule has 0 saturated carbocycles. The van der Waals surface area contributed by atoms with Crippen LogP contribution in [0.15, 0.2) is 41.9 Å². The van der Waals surface area contributed by atoms with Gasteiger partial charge >= 0.3 is 0 Å². The molecule has 7 heteroatoms. The molecule has 0 unspecified atom stereocenters. The first kappa shape index (κ1) is 16.6. The van der Waals surface area contributed by atoms with Gasteiger partial charge in [-0.25, -0.2) is 8.78 Å². The first-order chi connectivity index (χ1) is 11.6. The van der Waals surface area contributed by atoms with Gasteiger partial charge in [-0.15, -0.1) is 11.3 Å². The number of anilines is 1. The standard InChI is InChI=1S/C17H18F2N4S/c1-23-16(4-5-21-23)12-8-17(24-10-12)22-13(9-20)6-11-2-3-14(18)15(19)7-11/h2-5,7-8,10,13,22H,6,9,20H2,1H3/t13-/m0/s1. The van der Waals surface area contributed by atoms with Crippen LogP contribution in [0.5, 0.6) is 0 Å². The molecule has 1 aromatic carbocycles. The smallest absolute Gasteiger partial charge is 0.159 e. The lowest BCUT2D eigenvalue weighted by molar-refractivity contribution is 0.506. The van der Waals surface area contributed by atoms with Gasteiger partial charge in [0.05, 0.1) is 10.7 Å². The van der Waals surface area contributed by atoms with Gasteiger partial charge in [0.15, 0.2) is 11.6 Å². The van der Waals surface area contributed by atoms with Crippen molar-refractivity contribution in [3.05, 3.63) is 59.1 Å². The third-order valence-corrected chi connectivity index (χ3v) is 4.67. The Morgan fingerprint density at radius 3 is 2.75 bits per heavy atom. The van der Waals surface area contributed by atoms with E-state index in [2.05, 4.69) is 10.4 Å². The van der Waals surface area contributed by atoms with E-state index in [1.54, 1.807) is 23.6 Å². The lowest BCUT2D eigenvalue weighted by Crippen LogP contribution is -2.30. The van der Waals surface area contributed by atoms with Gasteiger partial charge in [-0.05, 0) is 36.2 Å². The SMILES string of the molecule is Cn1nccc1-c1csc(N[C@H](CN)Cc2ccc(F)c(F)c2)c1. The molecule has 0 amide bonds. The highest BCUT2D eigenvalue weighted by atomic mass is 32.1. The molecule has 2 aromatic heterocycles. The summed E-state index contributed by atoms with van der Waals surface area (Å²) >= 11 is 1.57. The van der Waals surface area contributed by atoms with Crippen molar-refractivity contribution in [2.75, 3.05) is 11.9 Å². The van der Waals surface area contributed by atoms with Crippen LogP contribution in [0.25, 0.3) is 11.3 Å². The van der Waals surface area contributed by atoms with E-state index in [1.165, 1.54) is 6.07 Å². The lowest BCUT2D eigenvalue weighted by atomic mass is 10.1. The molecule has 126 valence electrons. The zero-order chi connectivity index (χ0) is 17.1. The molecular weight excluding hydrogens is 330 g/mol. The number of nitrogens with zero attached hydrogens (tertiary/aromatic N) is 2. The molecule has 4 nitrogen and oxygen atoms in total. The normalized spacial score (nSPS) is 12.3. The van der Waals surface area contributed by atoms with Crippen molar-refractivity contribution in [3.63, 3.8) is 0 Å². The maximum absolute atomic E-state index is 13.3. The van der Waals surface area contributed by atoms with E-state index in [0.717, 1.165) is 22.3 Å². The van der Waals surface area contributed by atoms with Crippen molar-refractivity contribution in [1.82, 2.24) is 9.78 Å². The van der Waals surface area contributed by atoms with Crippen LogP contribution in [0, 0.1) is 11.6 Å². The molecule has 0 spiro atoms. The summed E-state index contributed by atoms with van der Waals surface area (Å²) in [5.74, 6) is -1.67. The van der Waals surface area contributed by atoms with E-state index in [0.29, 0.717) is 18.5 Å². The number of aromatic nitrogens is 2. The second kappa shape index (κ2) is 7.11. The molecule has 0 aliphatic heterocycles. The summed E-state index contributed by atoms with van der Waals surface area (Å²) in [6, 6.07) is 7.87. The number of benzene rings is 1. The maximum atomic E-state index is 13.3. The molecule has 0 aliphatic rings. The van der Waals surface area contributed by atoms with Gasteiger partial charge in [0.2, 0.25) is 0 Å². The first-order valence-electron chi connectivity index (χ1n) is 7.54. The fourth-order valence-electron chi connectivity index (χ4n) is 2.55. The monoisotopic (exact) mass is 348 g/mol. The van der Waals surface area contributed by atoms with Crippen LogP contribution in [0.2, 0.25) is 0 Å². The number of hydrogen-bond acceptors (Lipinski definition) is 4. The minimum atomic E-state index is -0.838. The van der Waals surface area contributed by atoms with Crippen LogP contribution in [0.1, 0.15) is 5.56 Å². The van der Waals surface area contributed by atoms with Crippen LogP contribution >= 0.6 is 11.3 Å². The number of hydrogen-bond donors (Lipinski definition) is 2. The Labute approximate surface area is 142 Å². The molecule has 1 atom stereocenters. The Hall–Kier alpha value is -2.25. The minimum Gasteiger partial charge on any atom is -0.373 e. The van der Waals surface area contributed by atoms with E-state index in [9.17, 15) is 8.78 Å². The summed E-state index contributed by atoms with van der Waals surface area (Å²) in [6.07, 6.45) is 2.28. The highest BCUT2D eigenvalue weighted by molar-refractivity contribution is 7.14. The second-order valence-corrected chi connectivity index (χ2v) is 6.48. The third kappa shape index (κ3) is 3.63. The minimum absolute atomic E-state index is 0.0621. The number of thiophene rings is 1. The quantitative estimate of drug-likeness (QED) is 0.718. The zero-order valence-corrected chi connectivity index (χ0v) is 14.0. The molecule has 0 radical (unpaired) electrons. The second-order valence-electron chi connectivity index (χ2n) is 5.57. The van der Waals surface area contributed by atoms with Crippen molar-refractivity contribution >= 4 is 16.3 Å². The first-order valence-corrected chi connectivity index (χ1v) is 8.42. The van der Waals surface area contributed by atoms with Crippen molar-refractivity contribution in [3.8, 4) is 11.3 Å². The average molecular weight is 348 g/mol. The third-order valence-electron chi connectivity index (χ3n) is 3.81. The molecule has 0 aliphatic carbocycles. The van der Waals surface area contributed by atoms with Crippen LogP contribution in [0.3, 0.4) is 0 Å². The van der Waals surface area contributed by atoms with Crippen LogP contribution in [0.4, 0.5) is 13.8 Å². The number of aryl methyl sites for hydroxylation is 1. The molecule has 3 aromatic rings. The summed E-state index contributed by atoms with van der Waals surface area (Å²) in [5.41, 5.74) is 8.64. The average Bonchev–Trinajstić information content (AvgIpc) is 3.19. The highest BCUT2D eigenvalue weighted by Gasteiger charge is 2.12. The lowest BCUT2D eigenvalue weighted by Gasteiger charge is -2.17. The predicted molar refractivity (Wildman–Crippen MR) is 93.0 cm³/mol. The van der Waals surface area contributed by atoms with Gasteiger partial charge in [0, 0.05) is 36.8 Å². The highest BCUT2D eigenvalue weighted by Crippen LogP contribution is 2.29. The summed E-state index contributed by atoms with van der Waals surface area (Å²) in [4.78, 5) is 0. The molecule has 24 heavy (non-hydrogen) atoms. The molecule has 3 rings (SSSR count). The zero-order valence-electron chi connectivity index (χ0n) is 13.2. The van der Waals surface area contributed by atoms with E-state index in [-0.39, 0.29) is 6.04 Å². The maximum Gasteiger partial charge on any atom is 0.159 e. The fourth-order valence-corrected chi connectivity index (χ4v) is 3.42. The Morgan fingerprint density at radius 2 is 2.08 bits per heavy atom. The number of nitrogens with two attached hydrogens (primary N) is 1. The van der Waals surface area contributed by atoms with Crippen molar-refractivity contribution in [2.24, 2.45) is 12.8 Å². The van der Waals surface area contributed by atoms with Gasteiger partial charge in [-0.2, -0.15) is 5.10 Å². The van der Waals surface area contributed by atoms with Crippen molar-refractivity contribution < 1.29 is 8.78 Å². The van der Waals surface area contributed by atoms with Crippen LogP contribution in [-0.2, 0) is 13.5 Å². The van der Waals surface area contributed by atoms with Gasteiger partial charge < -0.3 is 11.1 Å². The van der Waals surface area contributed by atoms with E-state index in [4.69, 9.17) is 5.73 Å². The summed E-state index contributed by atoms with van der Waals surface area (Å²) in [7, 11) is 1.89. The van der Waals surface area contributed by atoms with Gasteiger partial charge in [-0.1, -0.05) is 6.07 Å². The Morgan fingerprint density at radius 1 is 1.25 bits per heavy atom. The van der Waals surface area contributed by atoms with E-state index in [1.807, 2.05) is 29.2 Å². The summed E-state index contributed by atoms with van der Waals surface area (Å²) in [6.45, 7) is 0.387. The Balaban J connectivity index is 1.70. The van der Waals surface area contributed by atoms with E-state index < -0.39 is 11.6 Å². The molecule has 0 bridgehead atoms. The predicted octanol–water partition coefficient (Wildman–Crippen LogP) is 3.41. The van der Waals surface area contributed by atoms with Crippen molar-refractivity contribution in [2.45, 2.75) is 12.5 Å². The molecule has 0 saturated heterocycles. The van der Waals surface area contributed by atoms with Crippen LogP contribution in [-0.4, -0.2) is 22.4 Å². The van der Waals surface area contributed by atoms with Gasteiger partial charge in [0.1, 0.15) is 0 Å². The topological polar surface area (TPSA) is 55.9 Å². The van der Waals surface area contributed by atoms with Gasteiger partial charge in [-0.3, -0.25) is 4.68 Å². The van der Waals surface area contributed by atoms with E-state index >= 15 is 0 Å². The van der Waals surface area contributed by atoms with Gasteiger partial charge in [0.25, 0.3) is 0 Å². The fraction of sp³-hybridized carbons (Fsp3) is 0.235. The van der Waals surface area contributed by atoms with Crippen LogP contribution < -0.4 is 11.1 Å². The largest absolute Gasteiger partial charge is 0.373 e. The molecular formula is C17H18F2N4S. The summed E-state index contributed by atoms with van der Waals surface area (Å²) in [5, 5.41) is 10.5. The Bertz CT molecular complexity index is 828. The molecule has 0 fully saturated rings. The summed E-state index contributed by atoms with van der Waals surface area (Å²) < 4.78 is 28.2.